The Labute approximate surface area is 84.8 Å². The molecule has 3 atom stereocenters. The lowest BCUT2D eigenvalue weighted by atomic mass is 10.0. The van der Waals surface area contributed by atoms with E-state index in [0.29, 0.717) is 0 Å². The van der Waals surface area contributed by atoms with Crippen molar-refractivity contribution in [3.8, 4) is 0 Å². The summed E-state index contributed by atoms with van der Waals surface area (Å²) in [5.74, 6) is -0.665. The number of hydrogen-bond acceptors (Lipinski definition) is 3. The van der Waals surface area contributed by atoms with Crippen LogP contribution in [0.15, 0.2) is 12.7 Å². The summed E-state index contributed by atoms with van der Waals surface area (Å²) in [6.45, 7) is 4.66. The quantitative estimate of drug-likeness (QED) is 0.542. The summed E-state index contributed by atoms with van der Waals surface area (Å²) < 4.78 is 45.3. The Morgan fingerprint density at radius 2 is 2.20 bits per heavy atom. The van der Waals surface area contributed by atoms with Crippen LogP contribution in [-0.4, -0.2) is 30.5 Å². The van der Waals surface area contributed by atoms with Crippen LogP contribution in [0.3, 0.4) is 0 Å². The van der Waals surface area contributed by atoms with Crippen LogP contribution in [0.1, 0.15) is 13.3 Å². The molecule has 1 aliphatic rings. The minimum absolute atomic E-state index is 0.172. The van der Waals surface area contributed by atoms with Gasteiger partial charge in [-0.3, -0.25) is 0 Å². The van der Waals surface area contributed by atoms with Crippen LogP contribution in [0.2, 0.25) is 0 Å². The largest absolute Gasteiger partial charge is 0.457 e. The zero-order valence-electron chi connectivity index (χ0n) is 8.08. The van der Waals surface area contributed by atoms with Gasteiger partial charge in [0, 0.05) is 12.5 Å². The highest BCUT2D eigenvalue weighted by molar-refractivity contribution is 5.81. The molecule has 0 aliphatic carbocycles. The summed E-state index contributed by atoms with van der Waals surface area (Å²) in [6, 6.07) is 0. The topological polar surface area (TPSA) is 35.5 Å². The van der Waals surface area contributed by atoms with E-state index in [-0.39, 0.29) is 6.42 Å². The van der Waals surface area contributed by atoms with Crippen LogP contribution < -0.4 is 0 Å². The van der Waals surface area contributed by atoms with E-state index in [2.05, 4.69) is 11.3 Å². The van der Waals surface area contributed by atoms with Gasteiger partial charge in [0.2, 0.25) is 0 Å². The van der Waals surface area contributed by atoms with Crippen molar-refractivity contribution in [1.29, 1.82) is 0 Å². The first-order chi connectivity index (χ1) is 6.84. The molecule has 3 unspecified atom stereocenters. The molecule has 0 aromatic rings. The Morgan fingerprint density at radius 1 is 1.67 bits per heavy atom. The highest BCUT2D eigenvalue weighted by Gasteiger charge is 2.51. The summed E-state index contributed by atoms with van der Waals surface area (Å²) in [7, 11) is 0. The number of alkyl halides is 3. The number of esters is 1. The van der Waals surface area contributed by atoms with Crippen LogP contribution in [0.5, 0.6) is 0 Å². The lowest BCUT2D eigenvalue weighted by Gasteiger charge is -2.39. The minimum Gasteiger partial charge on any atom is -0.457 e. The molecule has 1 saturated heterocycles. The van der Waals surface area contributed by atoms with Gasteiger partial charge in [-0.15, -0.1) is 0 Å². The number of halogens is 3. The molecule has 15 heavy (non-hydrogen) atoms. The van der Waals surface area contributed by atoms with E-state index >= 15 is 0 Å². The van der Waals surface area contributed by atoms with Gasteiger partial charge in [0.1, 0.15) is 6.10 Å². The zero-order valence-corrected chi connectivity index (χ0v) is 8.08. The Kier molecular flexibility index (Phi) is 3.38. The number of carbonyl (C=O) groups excluding carboxylic acids is 1. The maximum absolute atomic E-state index is 12.0. The van der Waals surface area contributed by atoms with Crippen molar-refractivity contribution >= 4 is 5.97 Å². The van der Waals surface area contributed by atoms with Crippen molar-refractivity contribution in [3.05, 3.63) is 12.7 Å². The first-order valence-electron chi connectivity index (χ1n) is 4.40. The fraction of sp³-hybridized carbons (Fsp3) is 0.667. The second kappa shape index (κ2) is 4.22. The maximum atomic E-state index is 12.0. The highest BCUT2D eigenvalue weighted by Crippen LogP contribution is 2.36. The average molecular weight is 224 g/mol. The van der Waals surface area contributed by atoms with Gasteiger partial charge in [-0.2, -0.15) is 13.2 Å². The molecule has 0 saturated carbocycles. The van der Waals surface area contributed by atoms with Crippen LogP contribution in [0, 0.1) is 0 Å². The smallest absolute Gasteiger partial charge is 0.414 e. The summed E-state index contributed by atoms with van der Waals surface area (Å²) >= 11 is 0. The highest BCUT2D eigenvalue weighted by atomic mass is 19.4. The third-order valence-corrected chi connectivity index (χ3v) is 2.14. The van der Waals surface area contributed by atoms with Gasteiger partial charge in [-0.1, -0.05) is 6.58 Å². The SMILES string of the molecule is C=CC(=O)OC(C)C1CC(C(F)(F)F)O1. The monoisotopic (exact) mass is 224 g/mol. The molecule has 0 bridgehead atoms. The van der Waals surface area contributed by atoms with Gasteiger partial charge in [0.05, 0.1) is 6.10 Å². The number of hydrogen-bond donors (Lipinski definition) is 0. The van der Waals surface area contributed by atoms with Crippen molar-refractivity contribution in [2.45, 2.75) is 37.8 Å². The van der Waals surface area contributed by atoms with E-state index in [1.54, 1.807) is 0 Å². The van der Waals surface area contributed by atoms with Gasteiger partial charge in [-0.05, 0) is 6.92 Å². The van der Waals surface area contributed by atoms with Crippen molar-refractivity contribution in [2.24, 2.45) is 0 Å². The van der Waals surface area contributed by atoms with Crippen LogP contribution in [0.25, 0.3) is 0 Å². The van der Waals surface area contributed by atoms with E-state index in [1.807, 2.05) is 0 Å². The molecule has 3 nitrogen and oxygen atoms in total. The molecule has 6 heteroatoms. The molecule has 1 fully saturated rings. The van der Waals surface area contributed by atoms with Crippen molar-refractivity contribution in [3.63, 3.8) is 0 Å². The molecule has 0 aromatic heterocycles. The zero-order chi connectivity index (χ0) is 11.6. The van der Waals surface area contributed by atoms with E-state index in [1.165, 1.54) is 6.92 Å². The van der Waals surface area contributed by atoms with E-state index in [9.17, 15) is 18.0 Å². The second-order valence-electron chi connectivity index (χ2n) is 3.29. The van der Waals surface area contributed by atoms with E-state index in [4.69, 9.17) is 4.74 Å². The molecule has 86 valence electrons. The number of rotatable bonds is 3. The molecule has 0 radical (unpaired) electrons. The summed E-state index contributed by atoms with van der Waals surface area (Å²) in [6.07, 6.45) is -6.65. The lowest BCUT2D eigenvalue weighted by Crippen LogP contribution is -2.52. The lowest BCUT2D eigenvalue weighted by molar-refractivity contribution is -0.299. The first kappa shape index (κ1) is 12.0. The molecule has 1 aliphatic heterocycles. The molecular weight excluding hydrogens is 213 g/mol. The fourth-order valence-electron chi connectivity index (χ4n) is 1.23. The number of ether oxygens (including phenoxy) is 2. The van der Waals surface area contributed by atoms with Gasteiger partial charge >= 0.3 is 12.1 Å². The normalized spacial score (nSPS) is 27.7. The molecule has 0 aromatic carbocycles. The van der Waals surface area contributed by atoms with Crippen LogP contribution in [0.4, 0.5) is 13.2 Å². The fourth-order valence-corrected chi connectivity index (χ4v) is 1.23. The van der Waals surface area contributed by atoms with Crippen molar-refractivity contribution in [1.82, 2.24) is 0 Å². The molecule has 0 spiro atoms. The van der Waals surface area contributed by atoms with Crippen LogP contribution >= 0.6 is 0 Å². The summed E-state index contributed by atoms with van der Waals surface area (Å²) in [4.78, 5) is 10.7. The van der Waals surface area contributed by atoms with Gasteiger partial charge in [-0.25, -0.2) is 4.79 Å². The van der Waals surface area contributed by atoms with Crippen LogP contribution in [-0.2, 0) is 14.3 Å². The Bertz CT molecular complexity index is 256. The predicted molar refractivity (Wildman–Crippen MR) is 45.1 cm³/mol. The Morgan fingerprint density at radius 3 is 2.60 bits per heavy atom. The third-order valence-electron chi connectivity index (χ3n) is 2.14. The van der Waals surface area contributed by atoms with Crippen molar-refractivity contribution < 1.29 is 27.4 Å². The summed E-state index contributed by atoms with van der Waals surface area (Å²) in [5, 5.41) is 0. The maximum Gasteiger partial charge on any atom is 0.414 e. The molecule has 1 rings (SSSR count). The van der Waals surface area contributed by atoms with Gasteiger partial charge < -0.3 is 9.47 Å². The summed E-state index contributed by atoms with van der Waals surface area (Å²) in [5.41, 5.74) is 0. The molecule has 0 N–H and O–H groups in total. The predicted octanol–water partition coefficient (Wildman–Crippen LogP) is 1.82. The van der Waals surface area contributed by atoms with Gasteiger partial charge in [0.15, 0.2) is 6.10 Å². The second-order valence-corrected chi connectivity index (χ2v) is 3.29. The van der Waals surface area contributed by atoms with E-state index < -0.39 is 30.5 Å². The number of carbonyl (C=O) groups is 1. The van der Waals surface area contributed by atoms with Gasteiger partial charge in [0.25, 0.3) is 0 Å². The standard InChI is InChI=1S/C9H11F3O3/c1-3-8(13)14-5(2)6-4-7(15-6)9(10,11)12/h3,5-7H,1,4H2,2H3. The van der Waals surface area contributed by atoms with E-state index in [0.717, 1.165) is 6.08 Å². The Balaban J connectivity index is 2.32. The molecular formula is C9H11F3O3. The average Bonchev–Trinajstić information content (AvgIpc) is 1.98. The Hall–Kier alpha value is -1.04. The molecule has 0 amide bonds. The first-order valence-corrected chi connectivity index (χ1v) is 4.40. The van der Waals surface area contributed by atoms with Crippen molar-refractivity contribution in [2.75, 3.05) is 0 Å². The third kappa shape index (κ3) is 2.95. The molecule has 1 heterocycles. The minimum atomic E-state index is -4.33.